The molecule has 4 N–H and O–H groups in total. The van der Waals surface area contributed by atoms with Gasteiger partial charge in [-0.15, -0.1) is 12.4 Å². The number of hydrogen-bond donors (Lipinski definition) is 3. The van der Waals surface area contributed by atoms with Crippen LogP contribution >= 0.6 is 12.4 Å². The van der Waals surface area contributed by atoms with E-state index in [1.54, 1.807) is 6.07 Å². The van der Waals surface area contributed by atoms with Crippen LogP contribution in [0.3, 0.4) is 0 Å². The minimum Gasteiger partial charge on any atom is -0.504 e. The predicted molar refractivity (Wildman–Crippen MR) is 67.1 cm³/mol. The molecule has 4 heteroatoms. The van der Waals surface area contributed by atoms with Gasteiger partial charge in [-0.25, -0.2) is 0 Å². The molecule has 0 aliphatic heterocycles. The van der Waals surface area contributed by atoms with Crippen molar-refractivity contribution < 1.29 is 10.2 Å². The summed E-state index contributed by atoms with van der Waals surface area (Å²) in [4.78, 5) is 0. The molecule has 0 saturated carbocycles. The molecule has 16 heavy (non-hydrogen) atoms. The molecular weight excluding hydrogens is 226 g/mol. The molecule has 1 atom stereocenters. The Morgan fingerprint density at radius 1 is 1.12 bits per heavy atom. The Morgan fingerprint density at radius 2 is 1.75 bits per heavy atom. The van der Waals surface area contributed by atoms with Crippen LogP contribution in [0.1, 0.15) is 18.5 Å². The largest absolute Gasteiger partial charge is 0.504 e. The fourth-order valence-electron chi connectivity index (χ4n) is 1.72. The predicted octanol–water partition coefficient (Wildman–Crippen LogP) is 2.69. The molecule has 2 aromatic carbocycles. The summed E-state index contributed by atoms with van der Waals surface area (Å²) in [7, 11) is 0. The van der Waals surface area contributed by atoms with Crippen LogP contribution in [0.15, 0.2) is 30.3 Å². The second kappa shape index (κ2) is 4.60. The van der Waals surface area contributed by atoms with Gasteiger partial charge in [0.05, 0.1) is 0 Å². The van der Waals surface area contributed by atoms with Crippen molar-refractivity contribution in [2.24, 2.45) is 5.73 Å². The second-order valence-corrected chi connectivity index (χ2v) is 3.70. The summed E-state index contributed by atoms with van der Waals surface area (Å²) < 4.78 is 0. The van der Waals surface area contributed by atoms with Crippen molar-refractivity contribution in [3.8, 4) is 11.5 Å². The third kappa shape index (κ3) is 2.05. The lowest BCUT2D eigenvalue weighted by molar-refractivity contribution is 0.405. The molecular formula is C12H14ClNO2. The first-order valence-electron chi connectivity index (χ1n) is 4.80. The summed E-state index contributed by atoms with van der Waals surface area (Å²) in [6, 6.07) is 8.67. The van der Waals surface area contributed by atoms with Crippen LogP contribution < -0.4 is 5.73 Å². The monoisotopic (exact) mass is 239 g/mol. The van der Waals surface area contributed by atoms with Crippen molar-refractivity contribution in [1.29, 1.82) is 0 Å². The fraction of sp³-hybridized carbons (Fsp3) is 0.167. The maximum atomic E-state index is 9.43. The summed E-state index contributed by atoms with van der Waals surface area (Å²) in [6.45, 7) is 1.89. The Balaban J connectivity index is 0.00000128. The number of nitrogens with two attached hydrogens (primary N) is 1. The van der Waals surface area contributed by atoms with Gasteiger partial charge < -0.3 is 15.9 Å². The van der Waals surface area contributed by atoms with Gasteiger partial charge in [0.15, 0.2) is 11.5 Å². The molecule has 0 bridgehead atoms. The third-order valence-electron chi connectivity index (χ3n) is 2.50. The summed E-state index contributed by atoms with van der Waals surface area (Å²) in [5.41, 5.74) is 6.78. The van der Waals surface area contributed by atoms with E-state index in [0.29, 0.717) is 0 Å². The van der Waals surface area contributed by atoms with Crippen LogP contribution in [0.4, 0.5) is 0 Å². The molecule has 2 aromatic rings. The number of halogens is 1. The van der Waals surface area contributed by atoms with Gasteiger partial charge in [-0.1, -0.05) is 18.2 Å². The smallest absolute Gasteiger partial charge is 0.158 e. The van der Waals surface area contributed by atoms with Gasteiger partial charge in [-0.05, 0) is 35.4 Å². The van der Waals surface area contributed by atoms with Crippen LogP contribution in [0, 0.1) is 0 Å². The molecule has 86 valence electrons. The van der Waals surface area contributed by atoms with E-state index in [4.69, 9.17) is 5.73 Å². The van der Waals surface area contributed by atoms with E-state index >= 15 is 0 Å². The summed E-state index contributed by atoms with van der Waals surface area (Å²) in [5.74, 6) is -0.222. The normalized spacial score (nSPS) is 12.1. The van der Waals surface area contributed by atoms with E-state index in [9.17, 15) is 10.2 Å². The Morgan fingerprint density at radius 3 is 2.38 bits per heavy atom. The molecule has 3 nitrogen and oxygen atoms in total. The first-order chi connectivity index (χ1) is 7.09. The number of hydrogen-bond acceptors (Lipinski definition) is 3. The molecule has 0 aliphatic rings. The highest BCUT2D eigenvalue weighted by Gasteiger charge is 2.08. The minimum atomic E-state index is -0.115. The molecule has 0 amide bonds. The number of rotatable bonds is 1. The minimum absolute atomic E-state index is 0. The highest BCUT2D eigenvalue weighted by atomic mass is 35.5. The number of phenolic OH excluding ortho intramolecular Hbond substituents is 2. The molecule has 0 aliphatic carbocycles. The molecule has 0 spiro atoms. The topological polar surface area (TPSA) is 66.5 Å². The first kappa shape index (κ1) is 12.6. The van der Waals surface area contributed by atoms with E-state index in [1.807, 2.05) is 25.1 Å². The van der Waals surface area contributed by atoms with Gasteiger partial charge >= 0.3 is 0 Å². The van der Waals surface area contributed by atoms with Crippen molar-refractivity contribution in [3.63, 3.8) is 0 Å². The van der Waals surface area contributed by atoms with Gasteiger partial charge in [0.2, 0.25) is 0 Å². The van der Waals surface area contributed by atoms with Crippen LogP contribution in [-0.2, 0) is 0 Å². The average Bonchev–Trinajstić information content (AvgIpc) is 2.18. The molecule has 0 fully saturated rings. The van der Waals surface area contributed by atoms with Gasteiger partial charge in [-0.2, -0.15) is 0 Å². The average molecular weight is 240 g/mol. The lowest BCUT2D eigenvalue weighted by Gasteiger charge is -2.10. The van der Waals surface area contributed by atoms with Crippen LogP contribution in [0.5, 0.6) is 11.5 Å². The highest BCUT2D eigenvalue weighted by Crippen LogP contribution is 2.33. The zero-order chi connectivity index (χ0) is 11.0. The number of aromatic hydroxyl groups is 2. The lowest BCUT2D eigenvalue weighted by atomic mass is 9.99. The molecule has 0 saturated heterocycles. The zero-order valence-corrected chi connectivity index (χ0v) is 9.66. The van der Waals surface area contributed by atoms with E-state index in [2.05, 4.69) is 0 Å². The Hall–Kier alpha value is -1.45. The Labute approximate surface area is 99.9 Å². The number of benzene rings is 2. The van der Waals surface area contributed by atoms with Crippen molar-refractivity contribution in [1.82, 2.24) is 0 Å². The summed E-state index contributed by atoms with van der Waals surface area (Å²) in [5, 5.41) is 20.6. The number of phenols is 2. The summed E-state index contributed by atoms with van der Waals surface area (Å²) in [6.07, 6.45) is 0. The quantitative estimate of drug-likeness (QED) is 0.671. The van der Waals surface area contributed by atoms with Crippen LogP contribution in [0.2, 0.25) is 0 Å². The van der Waals surface area contributed by atoms with E-state index in [1.165, 1.54) is 6.07 Å². The maximum Gasteiger partial charge on any atom is 0.158 e. The Bertz CT molecular complexity index is 512. The SMILES string of the molecule is CC(N)c1cccc2cc(O)c(O)cc12.Cl. The first-order valence-corrected chi connectivity index (χ1v) is 4.80. The van der Waals surface area contributed by atoms with Crippen molar-refractivity contribution in [2.75, 3.05) is 0 Å². The molecule has 0 aromatic heterocycles. The number of fused-ring (bicyclic) bond motifs is 1. The van der Waals surface area contributed by atoms with Crippen molar-refractivity contribution >= 4 is 23.2 Å². The van der Waals surface area contributed by atoms with Crippen molar-refractivity contribution in [2.45, 2.75) is 13.0 Å². The molecule has 2 rings (SSSR count). The van der Waals surface area contributed by atoms with Crippen LogP contribution in [0.25, 0.3) is 10.8 Å². The van der Waals surface area contributed by atoms with E-state index in [0.717, 1.165) is 16.3 Å². The second-order valence-electron chi connectivity index (χ2n) is 3.70. The lowest BCUT2D eigenvalue weighted by Crippen LogP contribution is -2.05. The summed E-state index contributed by atoms with van der Waals surface area (Å²) >= 11 is 0. The highest BCUT2D eigenvalue weighted by molar-refractivity contribution is 5.89. The molecule has 1 unspecified atom stereocenters. The van der Waals surface area contributed by atoms with Crippen molar-refractivity contribution in [3.05, 3.63) is 35.9 Å². The molecule has 0 heterocycles. The standard InChI is InChI=1S/C12H13NO2.ClH/c1-7(13)9-4-2-3-8-5-11(14)12(15)6-10(8)9;/h2-7,14-15H,13H2,1H3;1H. The van der Waals surface area contributed by atoms with Gasteiger partial charge in [0.1, 0.15) is 0 Å². The van der Waals surface area contributed by atoms with E-state index < -0.39 is 0 Å². The van der Waals surface area contributed by atoms with Gasteiger partial charge in [0.25, 0.3) is 0 Å². The maximum absolute atomic E-state index is 9.43. The van der Waals surface area contributed by atoms with E-state index in [-0.39, 0.29) is 29.9 Å². The van der Waals surface area contributed by atoms with Crippen LogP contribution in [-0.4, -0.2) is 10.2 Å². The zero-order valence-electron chi connectivity index (χ0n) is 8.84. The van der Waals surface area contributed by atoms with Gasteiger partial charge in [0, 0.05) is 6.04 Å². The third-order valence-corrected chi connectivity index (χ3v) is 2.50. The molecule has 0 radical (unpaired) electrons. The Kier molecular flexibility index (Phi) is 3.62. The van der Waals surface area contributed by atoms with Gasteiger partial charge in [-0.3, -0.25) is 0 Å². The fourth-order valence-corrected chi connectivity index (χ4v) is 1.72.